The molecule has 0 unspecified atom stereocenters. The van der Waals surface area contributed by atoms with Crippen molar-refractivity contribution in [2.24, 2.45) is 7.05 Å². The first-order valence-electron chi connectivity index (χ1n) is 6.92. The van der Waals surface area contributed by atoms with Crippen molar-refractivity contribution in [3.8, 4) is 0 Å². The van der Waals surface area contributed by atoms with Crippen molar-refractivity contribution >= 4 is 60.7 Å². The smallest absolute Gasteiger partial charge is 0.336 e. The number of hydrogen-bond acceptors (Lipinski definition) is 7. The highest BCUT2D eigenvalue weighted by Gasteiger charge is 2.21. The van der Waals surface area contributed by atoms with Crippen LogP contribution in [0.3, 0.4) is 0 Å². The van der Waals surface area contributed by atoms with Gasteiger partial charge in [-0.2, -0.15) is 0 Å². The summed E-state index contributed by atoms with van der Waals surface area (Å²) in [6.45, 7) is 0. The minimum absolute atomic E-state index is 0.0710. The van der Waals surface area contributed by atoms with Crippen LogP contribution in [0.2, 0.25) is 0 Å². The van der Waals surface area contributed by atoms with Crippen LogP contribution in [-0.2, 0) is 17.1 Å². The van der Waals surface area contributed by atoms with Gasteiger partial charge in [-0.25, -0.2) is 13.2 Å². The number of carboxylic acids is 1. The maximum absolute atomic E-state index is 12.6. The largest absolute Gasteiger partial charge is 0.478 e. The zero-order valence-electron chi connectivity index (χ0n) is 13.1. The van der Waals surface area contributed by atoms with Crippen LogP contribution in [0, 0.1) is 0 Å². The van der Waals surface area contributed by atoms with Gasteiger partial charge in [0.2, 0.25) is 0 Å². The maximum Gasteiger partial charge on any atom is 0.336 e. The Hall–Kier alpha value is -1.89. The number of thiophene rings is 1. The van der Waals surface area contributed by atoms with Gasteiger partial charge in [0.1, 0.15) is 10.5 Å². The number of aromatic carboxylic acids is 1. The number of halogens is 1. The maximum atomic E-state index is 12.6. The molecule has 0 aliphatic carbocycles. The van der Waals surface area contributed by atoms with Crippen LogP contribution in [0.4, 0.5) is 5.69 Å². The molecule has 0 spiro atoms. The van der Waals surface area contributed by atoms with E-state index < -0.39 is 16.0 Å². The Morgan fingerprint density at radius 1 is 1.38 bits per heavy atom. The number of sulfonamides is 1. The molecule has 0 aliphatic rings. The number of carboxylic acid groups (broad SMARTS) is 1. The molecular weight excluding hydrogens is 464 g/mol. The summed E-state index contributed by atoms with van der Waals surface area (Å²) in [6.07, 6.45) is 1.55. The number of aryl methyl sites for hydroxylation is 1. The molecule has 0 atom stereocenters. The van der Waals surface area contributed by atoms with Crippen molar-refractivity contribution < 1.29 is 18.3 Å². The molecule has 3 aromatic rings. The Balaban J connectivity index is 1.94. The van der Waals surface area contributed by atoms with Gasteiger partial charge in [-0.15, -0.1) is 21.5 Å². The first-order chi connectivity index (χ1) is 12.3. The van der Waals surface area contributed by atoms with Gasteiger partial charge in [0, 0.05) is 21.8 Å². The van der Waals surface area contributed by atoms with Crippen molar-refractivity contribution in [3.63, 3.8) is 0 Å². The summed E-state index contributed by atoms with van der Waals surface area (Å²) in [5.41, 5.74) is 0.274. The fourth-order valence-electron chi connectivity index (χ4n) is 1.90. The van der Waals surface area contributed by atoms with Crippen LogP contribution in [0.25, 0.3) is 0 Å². The van der Waals surface area contributed by atoms with Crippen LogP contribution in [0.5, 0.6) is 0 Å². The lowest BCUT2D eigenvalue weighted by Gasteiger charge is -2.11. The molecule has 0 aliphatic heterocycles. The molecule has 1 aromatic carbocycles. The van der Waals surface area contributed by atoms with Gasteiger partial charge in [0.15, 0.2) is 5.16 Å². The summed E-state index contributed by atoms with van der Waals surface area (Å²) in [5, 5.41) is 18.6. The standard InChI is InChI=1S/C14H11BrN4O4S3/c1-19-7-16-17-14(19)25-11-3-2-9(15)5-10(11)18-26(22,23)12-4-8(6-24-12)13(20)21/h2-7,18H,1H3,(H,20,21). The number of nitrogens with zero attached hydrogens (tertiary/aromatic N) is 3. The highest BCUT2D eigenvalue weighted by Crippen LogP contribution is 2.35. The van der Waals surface area contributed by atoms with E-state index in [1.54, 1.807) is 36.1 Å². The lowest BCUT2D eigenvalue weighted by molar-refractivity contribution is 0.0697. The predicted octanol–water partition coefficient (Wildman–Crippen LogP) is 3.29. The summed E-state index contributed by atoms with van der Waals surface area (Å²) in [4.78, 5) is 11.6. The quantitative estimate of drug-likeness (QED) is 0.562. The number of nitrogens with one attached hydrogen (secondary N) is 1. The van der Waals surface area contributed by atoms with E-state index in [2.05, 4.69) is 30.8 Å². The summed E-state index contributed by atoms with van der Waals surface area (Å²) in [6, 6.07) is 6.29. The van der Waals surface area contributed by atoms with Crippen LogP contribution >= 0.6 is 39.0 Å². The van der Waals surface area contributed by atoms with Crippen molar-refractivity contribution in [3.05, 3.63) is 46.0 Å². The fraction of sp³-hybridized carbons (Fsp3) is 0.0714. The number of anilines is 1. The van der Waals surface area contributed by atoms with Gasteiger partial charge in [0.25, 0.3) is 10.0 Å². The Bertz CT molecular complexity index is 1080. The topological polar surface area (TPSA) is 114 Å². The minimum Gasteiger partial charge on any atom is -0.478 e. The average molecular weight is 475 g/mol. The summed E-state index contributed by atoms with van der Waals surface area (Å²) >= 11 is 5.42. The molecule has 3 rings (SSSR count). The zero-order valence-corrected chi connectivity index (χ0v) is 17.1. The molecule has 2 N–H and O–H groups in total. The Morgan fingerprint density at radius 3 is 2.77 bits per heavy atom. The SMILES string of the molecule is Cn1cnnc1Sc1ccc(Br)cc1NS(=O)(=O)c1cc(C(=O)O)cs1. The second-order valence-electron chi connectivity index (χ2n) is 5.03. The van der Waals surface area contributed by atoms with E-state index in [4.69, 9.17) is 5.11 Å². The molecule has 0 amide bonds. The van der Waals surface area contributed by atoms with Crippen LogP contribution in [0.15, 0.2) is 54.7 Å². The first kappa shape index (κ1) is 18.9. The molecule has 0 saturated carbocycles. The van der Waals surface area contributed by atoms with Crippen molar-refractivity contribution in [1.29, 1.82) is 0 Å². The molecule has 136 valence electrons. The summed E-state index contributed by atoms with van der Waals surface area (Å²) < 4.78 is 30.1. The molecule has 8 nitrogen and oxygen atoms in total. The number of benzene rings is 1. The molecule has 2 heterocycles. The Kier molecular flexibility index (Phi) is 5.37. The molecule has 26 heavy (non-hydrogen) atoms. The van der Waals surface area contributed by atoms with Crippen molar-refractivity contribution in [1.82, 2.24) is 14.8 Å². The normalized spacial score (nSPS) is 11.5. The van der Waals surface area contributed by atoms with E-state index in [0.717, 1.165) is 17.4 Å². The molecule has 0 saturated heterocycles. The third-order valence-corrected chi connectivity index (χ3v) is 7.57. The molecular formula is C14H11BrN4O4S3. The van der Waals surface area contributed by atoms with Crippen molar-refractivity contribution in [2.75, 3.05) is 4.72 Å². The molecule has 0 radical (unpaired) electrons. The zero-order chi connectivity index (χ0) is 18.9. The Labute approximate surface area is 165 Å². The second-order valence-corrected chi connectivity index (χ2v) is 9.78. The molecule has 0 bridgehead atoms. The highest BCUT2D eigenvalue weighted by molar-refractivity contribution is 9.10. The van der Waals surface area contributed by atoms with E-state index in [1.807, 2.05) is 0 Å². The third-order valence-electron chi connectivity index (χ3n) is 3.14. The number of aromatic nitrogens is 3. The lowest BCUT2D eigenvalue weighted by Crippen LogP contribution is -2.12. The minimum atomic E-state index is -3.93. The summed E-state index contributed by atoms with van der Waals surface area (Å²) in [5.74, 6) is -1.18. The van der Waals surface area contributed by atoms with Crippen LogP contribution < -0.4 is 4.72 Å². The Morgan fingerprint density at radius 2 is 2.15 bits per heavy atom. The van der Waals surface area contributed by atoms with Gasteiger partial charge in [-0.3, -0.25) is 4.72 Å². The number of carbonyl (C=O) groups is 1. The van der Waals surface area contributed by atoms with Gasteiger partial charge >= 0.3 is 5.97 Å². The number of hydrogen-bond donors (Lipinski definition) is 2. The van der Waals surface area contributed by atoms with Crippen LogP contribution in [-0.4, -0.2) is 34.3 Å². The van der Waals surface area contributed by atoms with Crippen molar-refractivity contribution in [2.45, 2.75) is 14.3 Å². The second kappa shape index (κ2) is 7.39. The van der Waals surface area contributed by atoms with Gasteiger partial charge in [-0.05, 0) is 36.0 Å². The highest BCUT2D eigenvalue weighted by atomic mass is 79.9. The van der Waals surface area contributed by atoms with E-state index in [0.29, 0.717) is 20.2 Å². The van der Waals surface area contributed by atoms with Gasteiger partial charge in [0.05, 0.1) is 11.3 Å². The third kappa shape index (κ3) is 4.09. The monoisotopic (exact) mass is 474 g/mol. The van der Waals surface area contributed by atoms with Crippen LogP contribution in [0.1, 0.15) is 10.4 Å². The fourth-order valence-corrected chi connectivity index (χ4v) is 5.38. The van der Waals surface area contributed by atoms with Gasteiger partial charge < -0.3 is 9.67 Å². The molecule has 2 aromatic heterocycles. The lowest BCUT2D eigenvalue weighted by atomic mass is 10.3. The molecule has 0 fully saturated rings. The predicted molar refractivity (Wildman–Crippen MR) is 101 cm³/mol. The van der Waals surface area contributed by atoms with E-state index in [9.17, 15) is 13.2 Å². The molecule has 12 heteroatoms. The van der Waals surface area contributed by atoms with E-state index in [-0.39, 0.29) is 9.77 Å². The van der Waals surface area contributed by atoms with E-state index in [1.165, 1.54) is 17.1 Å². The first-order valence-corrected chi connectivity index (χ1v) is 10.9. The van der Waals surface area contributed by atoms with E-state index >= 15 is 0 Å². The summed E-state index contributed by atoms with van der Waals surface area (Å²) in [7, 11) is -2.14. The average Bonchev–Trinajstić information content (AvgIpc) is 3.20. The number of rotatable bonds is 6. The van der Waals surface area contributed by atoms with Gasteiger partial charge in [-0.1, -0.05) is 15.9 Å².